The Kier molecular flexibility index (Phi) is 7.81. The molecule has 0 spiro atoms. The first-order valence-corrected chi connectivity index (χ1v) is 10.1. The lowest BCUT2D eigenvalue weighted by atomic mass is 9.95. The van der Waals surface area contributed by atoms with Gasteiger partial charge in [-0.15, -0.1) is 0 Å². The number of nitrogens with zero attached hydrogens (tertiary/aromatic N) is 5. The molecule has 0 atom stereocenters. The lowest BCUT2D eigenvalue weighted by Gasteiger charge is -2.15. The van der Waals surface area contributed by atoms with Crippen LogP contribution < -0.4 is 4.90 Å². The van der Waals surface area contributed by atoms with Crippen LogP contribution >= 0.6 is 0 Å². The maximum atomic E-state index is 13.7. The molecule has 7 heteroatoms. The molecule has 0 saturated heterocycles. The Morgan fingerprint density at radius 1 is 1.13 bits per heavy atom. The number of likely N-dealkylation sites (N-methyl/N-ethyl adjacent to an activating group) is 1. The number of hydrogen-bond donors (Lipinski definition) is 0. The Morgan fingerprint density at radius 3 is 2.68 bits per heavy atom. The average Bonchev–Trinajstić information content (AvgIpc) is 2.79. The number of anilines is 1. The number of aliphatic imine (C=N–C) groups is 1. The highest BCUT2D eigenvalue weighted by atomic mass is 19.1. The highest BCUT2D eigenvalue weighted by molar-refractivity contribution is 5.70. The molecule has 160 valence electrons. The van der Waals surface area contributed by atoms with Crippen LogP contribution in [0, 0.1) is 5.82 Å². The molecule has 0 aliphatic carbocycles. The van der Waals surface area contributed by atoms with Crippen LogP contribution in [0.5, 0.6) is 0 Å². The molecular weight excluding hydrogens is 393 g/mol. The van der Waals surface area contributed by atoms with E-state index in [1.165, 1.54) is 12.5 Å². The zero-order valence-electron chi connectivity index (χ0n) is 18.0. The summed E-state index contributed by atoms with van der Waals surface area (Å²) in [5, 5.41) is 0. The molecule has 3 rings (SSSR count). The van der Waals surface area contributed by atoms with Gasteiger partial charge in [-0.1, -0.05) is 19.1 Å². The topological polar surface area (TPSA) is 63.5 Å². The van der Waals surface area contributed by atoms with Crippen molar-refractivity contribution in [1.29, 1.82) is 0 Å². The van der Waals surface area contributed by atoms with E-state index >= 15 is 0 Å². The van der Waals surface area contributed by atoms with Crippen LogP contribution in [0.3, 0.4) is 0 Å². The molecule has 1 aromatic carbocycles. The van der Waals surface area contributed by atoms with Crippen molar-refractivity contribution in [2.24, 2.45) is 4.99 Å². The van der Waals surface area contributed by atoms with Crippen LogP contribution in [0.2, 0.25) is 0 Å². The van der Waals surface area contributed by atoms with E-state index in [0.717, 1.165) is 34.4 Å². The monoisotopic (exact) mass is 419 g/mol. The number of aromatic nitrogens is 3. The van der Waals surface area contributed by atoms with Crippen molar-refractivity contribution in [3.8, 4) is 11.1 Å². The van der Waals surface area contributed by atoms with Crippen molar-refractivity contribution < 1.29 is 9.13 Å². The zero-order valence-corrected chi connectivity index (χ0v) is 18.0. The van der Waals surface area contributed by atoms with Gasteiger partial charge in [0.15, 0.2) is 6.40 Å². The first-order valence-electron chi connectivity index (χ1n) is 10.1. The summed E-state index contributed by atoms with van der Waals surface area (Å²) in [6.07, 6.45) is 11.5. The highest BCUT2D eigenvalue weighted by Crippen LogP contribution is 2.28. The minimum Gasteiger partial charge on any atom is -0.454 e. The van der Waals surface area contributed by atoms with E-state index in [2.05, 4.69) is 19.9 Å². The first kappa shape index (κ1) is 22.1. The summed E-state index contributed by atoms with van der Waals surface area (Å²) in [4.78, 5) is 19.2. The molecule has 31 heavy (non-hydrogen) atoms. The Labute approximate surface area is 182 Å². The molecule has 0 amide bonds. The normalized spacial score (nSPS) is 11.4. The van der Waals surface area contributed by atoms with Crippen molar-refractivity contribution in [1.82, 2.24) is 15.0 Å². The first-order chi connectivity index (χ1) is 15.1. The van der Waals surface area contributed by atoms with Crippen LogP contribution in [0.4, 0.5) is 10.3 Å². The van der Waals surface area contributed by atoms with E-state index in [1.54, 1.807) is 25.6 Å². The molecule has 2 aromatic heterocycles. The number of aryl methyl sites for hydroxylation is 1. The molecule has 0 unspecified atom stereocenters. The zero-order chi connectivity index (χ0) is 22.1. The second-order valence-electron chi connectivity index (χ2n) is 6.97. The third kappa shape index (κ3) is 5.94. The van der Waals surface area contributed by atoms with Gasteiger partial charge in [-0.3, -0.25) is 9.98 Å². The van der Waals surface area contributed by atoms with Gasteiger partial charge < -0.3 is 9.64 Å². The fourth-order valence-corrected chi connectivity index (χ4v) is 3.21. The molecule has 0 aliphatic heterocycles. The van der Waals surface area contributed by atoms with Crippen LogP contribution in [0.25, 0.3) is 11.1 Å². The maximum absolute atomic E-state index is 13.7. The Balaban J connectivity index is 1.75. The Bertz CT molecular complexity index is 1050. The van der Waals surface area contributed by atoms with Gasteiger partial charge in [0.2, 0.25) is 5.95 Å². The smallest absolute Gasteiger partial charge is 0.225 e. The predicted octanol–water partition coefficient (Wildman–Crippen LogP) is 4.46. The quantitative estimate of drug-likeness (QED) is 0.291. The van der Waals surface area contributed by atoms with Gasteiger partial charge in [0, 0.05) is 51.2 Å². The Hall–Kier alpha value is -3.61. The predicted molar refractivity (Wildman–Crippen MR) is 122 cm³/mol. The fraction of sp³-hybridized carbons (Fsp3) is 0.250. The van der Waals surface area contributed by atoms with Crippen molar-refractivity contribution in [3.63, 3.8) is 0 Å². The number of ether oxygens (including phenoxy) is 1. The second-order valence-corrected chi connectivity index (χ2v) is 6.97. The molecule has 2 heterocycles. The standard InChI is InChI=1S/C24H26FN5O/c1-4-19-14-20(25)8-9-21(19)22-7-5-10-27-23(22)13-18-15-28-24(29-16-18)30(3)11-6-12-31-17-26-2/h5-10,12,14-17H,4,11,13H2,1-3H3/b12-6+,26-17-. The molecule has 0 radical (unpaired) electrons. The third-order valence-electron chi connectivity index (χ3n) is 4.75. The molecule has 6 nitrogen and oxygen atoms in total. The summed E-state index contributed by atoms with van der Waals surface area (Å²) in [7, 11) is 3.55. The van der Waals surface area contributed by atoms with Crippen molar-refractivity contribution in [3.05, 3.63) is 83.9 Å². The minimum atomic E-state index is -0.223. The largest absolute Gasteiger partial charge is 0.454 e. The van der Waals surface area contributed by atoms with Gasteiger partial charge in [0.1, 0.15) is 5.82 Å². The number of hydrogen-bond acceptors (Lipinski definition) is 6. The minimum absolute atomic E-state index is 0.223. The van der Waals surface area contributed by atoms with E-state index in [1.807, 2.05) is 55.5 Å². The molecule has 0 aliphatic rings. The van der Waals surface area contributed by atoms with Gasteiger partial charge in [-0.25, -0.2) is 14.4 Å². The lowest BCUT2D eigenvalue weighted by Crippen LogP contribution is -2.19. The van der Waals surface area contributed by atoms with Crippen molar-refractivity contribution in [2.45, 2.75) is 19.8 Å². The van der Waals surface area contributed by atoms with Gasteiger partial charge in [0.05, 0.1) is 12.0 Å². The van der Waals surface area contributed by atoms with Crippen LogP contribution in [-0.4, -0.2) is 42.0 Å². The van der Waals surface area contributed by atoms with Crippen molar-refractivity contribution >= 4 is 12.3 Å². The van der Waals surface area contributed by atoms with Crippen LogP contribution in [0.1, 0.15) is 23.7 Å². The fourth-order valence-electron chi connectivity index (χ4n) is 3.21. The summed E-state index contributed by atoms with van der Waals surface area (Å²) in [5.74, 6) is 0.393. The van der Waals surface area contributed by atoms with E-state index in [9.17, 15) is 4.39 Å². The van der Waals surface area contributed by atoms with Crippen molar-refractivity contribution in [2.75, 3.05) is 25.5 Å². The summed E-state index contributed by atoms with van der Waals surface area (Å²) in [6.45, 7) is 2.63. The summed E-state index contributed by atoms with van der Waals surface area (Å²) < 4.78 is 18.7. The van der Waals surface area contributed by atoms with Gasteiger partial charge >= 0.3 is 0 Å². The molecule has 0 N–H and O–H groups in total. The number of rotatable bonds is 9. The highest BCUT2D eigenvalue weighted by Gasteiger charge is 2.12. The van der Waals surface area contributed by atoms with Crippen LogP contribution in [0.15, 0.2) is 66.3 Å². The van der Waals surface area contributed by atoms with Gasteiger partial charge in [0.25, 0.3) is 0 Å². The maximum Gasteiger partial charge on any atom is 0.225 e. The van der Waals surface area contributed by atoms with Gasteiger partial charge in [-0.05, 0) is 47.4 Å². The summed E-state index contributed by atoms with van der Waals surface area (Å²) in [6, 6.07) is 8.84. The SMILES string of the molecule is CCc1cc(F)ccc1-c1cccnc1Cc1cnc(N(C)C/C=C/O/C=N\C)nc1. The Morgan fingerprint density at radius 2 is 1.94 bits per heavy atom. The average molecular weight is 420 g/mol. The number of benzene rings is 1. The number of pyridine rings is 1. The van der Waals surface area contributed by atoms with Gasteiger partial charge in [-0.2, -0.15) is 0 Å². The molecule has 0 saturated carbocycles. The van der Waals surface area contributed by atoms with E-state index in [4.69, 9.17) is 4.74 Å². The van der Waals surface area contributed by atoms with E-state index < -0.39 is 0 Å². The molecular formula is C24H26FN5O. The van der Waals surface area contributed by atoms with E-state index in [0.29, 0.717) is 18.9 Å². The molecule has 0 bridgehead atoms. The third-order valence-corrected chi connectivity index (χ3v) is 4.75. The summed E-state index contributed by atoms with van der Waals surface area (Å²) >= 11 is 0. The number of halogens is 1. The second kappa shape index (κ2) is 11.0. The van der Waals surface area contributed by atoms with Crippen LogP contribution in [-0.2, 0) is 17.6 Å². The van der Waals surface area contributed by atoms with E-state index in [-0.39, 0.29) is 5.82 Å². The molecule has 3 aromatic rings. The summed E-state index contributed by atoms with van der Waals surface area (Å²) in [5.41, 5.74) is 4.83. The molecule has 0 fully saturated rings. The lowest BCUT2D eigenvalue weighted by molar-refractivity contribution is 0.491.